The molecule has 0 saturated carbocycles. The predicted octanol–water partition coefficient (Wildman–Crippen LogP) is -1.97. The minimum absolute atomic E-state index is 0.00778. The number of benzene rings is 2. The highest BCUT2D eigenvalue weighted by Gasteiger charge is 2.30. The molecular formula is C24H30N4O8. The fraction of sp³-hybridized carbons (Fsp3) is 0.333. The number of hydrogen-bond donors (Lipinski definition) is 8. The van der Waals surface area contributed by atoms with E-state index < -0.39 is 61.1 Å². The first-order valence-electron chi connectivity index (χ1n) is 11.1. The molecule has 0 radical (unpaired) electrons. The van der Waals surface area contributed by atoms with Crippen LogP contribution in [-0.2, 0) is 32.0 Å². The van der Waals surface area contributed by atoms with E-state index in [1.165, 1.54) is 24.3 Å². The standard InChI is InChI=1S/C24H30N4O8/c25-17(12-29)21(32)26-18(10-15-6-8-16(31)9-7-15)22(33)28-20(13-30)23(34)27-19(24(35)36)11-14-4-2-1-3-5-14/h1-9,17-20,29-31H,10-13,25H2,(H,26,32)(H,27,34)(H,28,33)(H,35,36). The summed E-state index contributed by atoms with van der Waals surface area (Å²) in [6, 6.07) is 9.00. The van der Waals surface area contributed by atoms with E-state index in [4.69, 9.17) is 10.8 Å². The lowest BCUT2D eigenvalue weighted by molar-refractivity contribution is -0.142. The summed E-state index contributed by atoms with van der Waals surface area (Å²) in [5.41, 5.74) is 6.72. The number of aromatic hydroxyl groups is 1. The number of nitrogens with two attached hydrogens (primary N) is 1. The van der Waals surface area contributed by atoms with E-state index in [1.54, 1.807) is 30.3 Å². The molecule has 36 heavy (non-hydrogen) atoms. The maximum absolute atomic E-state index is 13.0. The van der Waals surface area contributed by atoms with Gasteiger partial charge in [0.15, 0.2) is 0 Å². The summed E-state index contributed by atoms with van der Waals surface area (Å²) in [5, 5.41) is 44.8. The number of amides is 3. The van der Waals surface area contributed by atoms with Gasteiger partial charge >= 0.3 is 5.97 Å². The Morgan fingerprint density at radius 2 is 1.19 bits per heavy atom. The van der Waals surface area contributed by atoms with Gasteiger partial charge in [-0.3, -0.25) is 14.4 Å². The van der Waals surface area contributed by atoms with E-state index in [0.717, 1.165) is 0 Å². The Morgan fingerprint density at radius 3 is 1.75 bits per heavy atom. The second-order valence-electron chi connectivity index (χ2n) is 8.05. The summed E-state index contributed by atoms with van der Waals surface area (Å²) in [6.45, 7) is -1.51. The van der Waals surface area contributed by atoms with Gasteiger partial charge in [0.05, 0.1) is 13.2 Å². The molecule has 194 valence electrons. The zero-order valence-electron chi connectivity index (χ0n) is 19.3. The smallest absolute Gasteiger partial charge is 0.326 e. The maximum Gasteiger partial charge on any atom is 0.326 e. The number of carboxylic acid groups (broad SMARTS) is 1. The summed E-state index contributed by atoms with van der Waals surface area (Å²) in [4.78, 5) is 49.5. The molecule has 0 heterocycles. The number of phenols is 1. The highest BCUT2D eigenvalue weighted by molar-refractivity contribution is 5.94. The molecule has 0 saturated heterocycles. The van der Waals surface area contributed by atoms with Crippen LogP contribution in [0.3, 0.4) is 0 Å². The SMILES string of the molecule is NC(CO)C(=O)NC(Cc1ccc(O)cc1)C(=O)NC(CO)C(=O)NC(Cc1ccccc1)C(=O)O. The van der Waals surface area contributed by atoms with Gasteiger partial charge in [0.2, 0.25) is 17.7 Å². The van der Waals surface area contributed by atoms with E-state index >= 15 is 0 Å². The van der Waals surface area contributed by atoms with Gasteiger partial charge < -0.3 is 42.1 Å². The fourth-order valence-corrected chi connectivity index (χ4v) is 3.23. The first-order valence-corrected chi connectivity index (χ1v) is 11.1. The van der Waals surface area contributed by atoms with Crippen molar-refractivity contribution in [2.75, 3.05) is 13.2 Å². The van der Waals surface area contributed by atoms with Crippen LogP contribution in [0.5, 0.6) is 5.75 Å². The van der Waals surface area contributed by atoms with Crippen LogP contribution in [0.4, 0.5) is 0 Å². The average Bonchev–Trinajstić information content (AvgIpc) is 2.87. The lowest BCUT2D eigenvalue weighted by Crippen LogP contribution is -2.59. The third kappa shape index (κ3) is 8.65. The Labute approximate surface area is 207 Å². The minimum Gasteiger partial charge on any atom is -0.508 e. The Balaban J connectivity index is 2.13. The Hall–Kier alpha value is -4.00. The zero-order chi connectivity index (χ0) is 26.7. The number of phenolic OH excluding ortho intramolecular Hbond substituents is 1. The van der Waals surface area contributed by atoms with E-state index in [1.807, 2.05) is 0 Å². The number of rotatable bonds is 13. The maximum atomic E-state index is 13.0. The van der Waals surface area contributed by atoms with E-state index in [9.17, 15) is 34.5 Å². The number of aliphatic hydroxyl groups excluding tert-OH is 2. The molecule has 0 spiro atoms. The van der Waals surface area contributed by atoms with Gasteiger partial charge in [-0.2, -0.15) is 0 Å². The molecule has 0 bridgehead atoms. The number of hydrogen-bond acceptors (Lipinski definition) is 8. The fourth-order valence-electron chi connectivity index (χ4n) is 3.23. The van der Waals surface area contributed by atoms with Crippen molar-refractivity contribution < 1.29 is 39.6 Å². The van der Waals surface area contributed by atoms with Crippen LogP contribution in [0.15, 0.2) is 54.6 Å². The molecular weight excluding hydrogens is 472 g/mol. The predicted molar refractivity (Wildman–Crippen MR) is 128 cm³/mol. The molecule has 9 N–H and O–H groups in total. The summed E-state index contributed by atoms with van der Waals surface area (Å²) in [5.74, 6) is -3.92. The lowest BCUT2D eigenvalue weighted by Gasteiger charge is -2.24. The number of carboxylic acids is 1. The second kappa shape index (κ2) is 13.8. The molecule has 4 unspecified atom stereocenters. The van der Waals surface area contributed by atoms with Gasteiger partial charge in [0.1, 0.15) is 29.9 Å². The van der Waals surface area contributed by atoms with E-state index in [-0.39, 0.29) is 18.6 Å². The first kappa shape index (κ1) is 28.2. The van der Waals surface area contributed by atoms with Crippen LogP contribution in [0.25, 0.3) is 0 Å². The van der Waals surface area contributed by atoms with Gasteiger partial charge in [0.25, 0.3) is 0 Å². The van der Waals surface area contributed by atoms with Gasteiger partial charge in [-0.05, 0) is 23.3 Å². The molecule has 3 amide bonds. The van der Waals surface area contributed by atoms with Crippen LogP contribution < -0.4 is 21.7 Å². The van der Waals surface area contributed by atoms with Gasteiger partial charge in [-0.15, -0.1) is 0 Å². The summed E-state index contributed by atoms with van der Waals surface area (Å²) in [7, 11) is 0. The molecule has 0 aliphatic rings. The Morgan fingerprint density at radius 1 is 0.694 bits per heavy atom. The quantitative estimate of drug-likeness (QED) is 0.152. The van der Waals surface area contributed by atoms with Crippen molar-refractivity contribution in [2.24, 2.45) is 5.73 Å². The Kier molecular flexibility index (Phi) is 10.8. The van der Waals surface area contributed by atoms with Crippen molar-refractivity contribution in [2.45, 2.75) is 37.0 Å². The molecule has 0 aliphatic heterocycles. The van der Waals surface area contributed by atoms with Crippen molar-refractivity contribution in [3.05, 3.63) is 65.7 Å². The number of aliphatic hydroxyl groups is 2. The summed E-state index contributed by atoms with van der Waals surface area (Å²) in [6.07, 6.45) is -0.0892. The number of carbonyl (C=O) groups excluding carboxylic acids is 3. The third-order valence-corrected chi connectivity index (χ3v) is 5.26. The Bertz CT molecular complexity index is 1030. The van der Waals surface area contributed by atoms with Crippen molar-refractivity contribution in [1.29, 1.82) is 0 Å². The van der Waals surface area contributed by atoms with Crippen LogP contribution >= 0.6 is 0 Å². The van der Waals surface area contributed by atoms with Gasteiger partial charge in [-0.1, -0.05) is 42.5 Å². The monoisotopic (exact) mass is 502 g/mol. The third-order valence-electron chi connectivity index (χ3n) is 5.26. The molecule has 0 fully saturated rings. The molecule has 4 atom stereocenters. The topological polar surface area (TPSA) is 211 Å². The molecule has 2 aromatic rings. The zero-order valence-corrected chi connectivity index (χ0v) is 19.3. The average molecular weight is 503 g/mol. The highest BCUT2D eigenvalue weighted by atomic mass is 16.4. The highest BCUT2D eigenvalue weighted by Crippen LogP contribution is 2.12. The van der Waals surface area contributed by atoms with Crippen LogP contribution in [0.2, 0.25) is 0 Å². The van der Waals surface area contributed by atoms with Crippen LogP contribution in [0.1, 0.15) is 11.1 Å². The summed E-state index contributed by atoms with van der Waals surface area (Å²) >= 11 is 0. The van der Waals surface area contributed by atoms with Crippen molar-refractivity contribution in [3.63, 3.8) is 0 Å². The molecule has 2 aromatic carbocycles. The van der Waals surface area contributed by atoms with Gasteiger partial charge in [0, 0.05) is 12.8 Å². The molecule has 2 rings (SSSR count). The van der Waals surface area contributed by atoms with Crippen molar-refractivity contribution >= 4 is 23.7 Å². The van der Waals surface area contributed by atoms with Crippen molar-refractivity contribution in [1.82, 2.24) is 16.0 Å². The first-order chi connectivity index (χ1) is 17.1. The lowest BCUT2D eigenvalue weighted by atomic mass is 10.0. The van der Waals surface area contributed by atoms with Crippen LogP contribution in [0, 0.1) is 0 Å². The van der Waals surface area contributed by atoms with E-state index in [0.29, 0.717) is 11.1 Å². The number of aliphatic carboxylic acids is 1. The van der Waals surface area contributed by atoms with Gasteiger partial charge in [-0.25, -0.2) is 4.79 Å². The summed E-state index contributed by atoms with van der Waals surface area (Å²) < 4.78 is 0. The molecule has 0 aromatic heterocycles. The van der Waals surface area contributed by atoms with E-state index in [2.05, 4.69) is 16.0 Å². The minimum atomic E-state index is -1.51. The normalized spacial score (nSPS) is 14.1. The number of nitrogens with one attached hydrogen (secondary N) is 3. The van der Waals surface area contributed by atoms with Crippen LogP contribution in [-0.4, -0.2) is 81.5 Å². The molecule has 0 aliphatic carbocycles. The molecule has 12 heteroatoms. The largest absolute Gasteiger partial charge is 0.508 e. The number of carbonyl (C=O) groups is 4. The second-order valence-corrected chi connectivity index (χ2v) is 8.05. The van der Waals surface area contributed by atoms with Crippen molar-refractivity contribution in [3.8, 4) is 5.75 Å². The molecule has 12 nitrogen and oxygen atoms in total.